The van der Waals surface area contributed by atoms with Gasteiger partial charge in [-0.1, -0.05) is 6.07 Å². The van der Waals surface area contributed by atoms with Crippen LogP contribution in [0.15, 0.2) is 24.3 Å². The normalized spacial score (nSPS) is 40.5. The molecule has 1 aromatic rings. The molecule has 14 atom stereocenters. The summed E-state index contributed by atoms with van der Waals surface area (Å²) in [6.45, 7) is -2.09. The van der Waals surface area contributed by atoms with E-state index in [0.29, 0.717) is 5.56 Å². The van der Waals surface area contributed by atoms with Gasteiger partial charge in [-0.25, -0.2) is 4.79 Å². The average molecular weight is 651 g/mol. The first-order chi connectivity index (χ1) is 21.4. The Balaban J connectivity index is 1.50. The zero-order chi connectivity index (χ0) is 33.0. The maximum atomic E-state index is 12.7. The Morgan fingerprint density at radius 2 is 1.38 bits per heavy atom. The maximum absolute atomic E-state index is 12.7. The molecule has 0 spiro atoms. The molecule has 3 saturated heterocycles. The minimum Gasteiger partial charge on any atom is -0.504 e. The number of esters is 1. The van der Waals surface area contributed by atoms with Crippen molar-refractivity contribution in [1.82, 2.24) is 0 Å². The molecule has 45 heavy (non-hydrogen) atoms. The van der Waals surface area contributed by atoms with Gasteiger partial charge in [0.2, 0.25) is 6.29 Å². The number of ether oxygens (including phenoxy) is 7. The van der Waals surface area contributed by atoms with Crippen molar-refractivity contribution in [3.8, 4) is 11.5 Å². The number of benzene rings is 1. The SMILES string of the molecule is COc1cc(C=CC(=O)O[C@@H]2O[C@H](CO[C@@H]3O[C@H](CO)[C@@H](O)[C@H](O)[C@H]3O)[C@@H](O)[C@H](O[C@@H]3O[C@@H](CO)[C@H](O)[C@H]3O)[C@H]2O)ccc1O. The Hall–Kier alpha value is -2.53. The largest absolute Gasteiger partial charge is 0.504 e. The third kappa shape index (κ3) is 7.89. The summed E-state index contributed by atoms with van der Waals surface area (Å²) in [7, 11) is 1.34. The number of hydrogen-bond donors (Lipinski definition) is 10. The molecular formula is C27H38O18. The summed E-state index contributed by atoms with van der Waals surface area (Å²) in [5, 5.41) is 101. The molecule has 0 bridgehead atoms. The van der Waals surface area contributed by atoms with E-state index in [0.717, 1.165) is 6.08 Å². The molecule has 0 unspecified atom stereocenters. The Morgan fingerprint density at radius 3 is 2.02 bits per heavy atom. The van der Waals surface area contributed by atoms with Crippen LogP contribution < -0.4 is 4.74 Å². The molecule has 1 aromatic carbocycles. The molecule has 0 aromatic heterocycles. The van der Waals surface area contributed by atoms with E-state index in [1.165, 1.54) is 31.4 Å². The van der Waals surface area contributed by atoms with Gasteiger partial charge in [0, 0.05) is 6.08 Å². The molecule has 18 heteroatoms. The van der Waals surface area contributed by atoms with E-state index in [1.807, 2.05) is 0 Å². The van der Waals surface area contributed by atoms with Crippen molar-refractivity contribution in [2.45, 2.75) is 86.0 Å². The van der Waals surface area contributed by atoms with Crippen molar-refractivity contribution in [3.05, 3.63) is 29.8 Å². The molecular weight excluding hydrogens is 612 g/mol. The Labute approximate surface area is 255 Å². The van der Waals surface area contributed by atoms with Gasteiger partial charge >= 0.3 is 5.97 Å². The quantitative estimate of drug-likeness (QED) is 0.0793. The second-order valence-electron chi connectivity index (χ2n) is 10.6. The van der Waals surface area contributed by atoms with Gasteiger partial charge in [0.25, 0.3) is 0 Å². The summed E-state index contributed by atoms with van der Waals surface area (Å²) in [4.78, 5) is 12.7. The molecule has 0 saturated carbocycles. The second-order valence-corrected chi connectivity index (χ2v) is 10.6. The molecule has 0 aliphatic carbocycles. The van der Waals surface area contributed by atoms with Gasteiger partial charge in [0.05, 0.1) is 26.9 Å². The highest BCUT2D eigenvalue weighted by Crippen LogP contribution is 2.31. The van der Waals surface area contributed by atoms with E-state index in [9.17, 15) is 55.9 Å². The molecule has 3 aliphatic heterocycles. The third-order valence-corrected chi connectivity index (χ3v) is 7.55. The zero-order valence-electron chi connectivity index (χ0n) is 23.8. The van der Waals surface area contributed by atoms with Gasteiger partial charge in [-0.3, -0.25) is 0 Å². The molecule has 3 heterocycles. The number of carbonyl (C=O) groups is 1. The highest BCUT2D eigenvalue weighted by atomic mass is 16.8. The van der Waals surface area contributed by atoms with Gasteiger partial charge in [-0.05, 0) is 23.8 Å². The van der Waals surface area contributed by atoms with Gasteiger partial charge < -0.3 is 84.2 Å². The fourth-order valence-electron chi connectivity index (χ4n) is 4.94. The Morgan fingerprint density at radius 1 is 0.778 bits per heavy atom. The number of hydrogen-bond acceptors (Lipinski definition) is 18. The number of phenols is 1. The molecule has 3 aliphatic rings. The number of aliphatic hydroxyl groups excluding tert-OH is 9. The zero-order valence-corrected chi connectivity index (χ0v) is 23.8. The van der Waals surface area contributed by atoms with Crippen LogP contribution in [0.4, 0.5) is 0 Å². The van der Waals surface area contributed by atoms with Crippen LogP contribution in [0.5, 0.6) is 11.5 Å². The minimum absolute atomic E-state index is 0.133. The first-order valence-corrected chi connectivity index (χ1v) is 13.9. The van der Waals surface area contributed by atoms with Crippen molar-refractivity contribution in [2.75, 3.05) is 26.9 Å². The van der Waals surface area contributed by atoms with Gasteiger partial charge in [-0.2, -0.15) is 0 Å². The molecule has 254 valence electrons. The van der Waals surface area contributed by atoms with Crippen molar-refractivity contribution in [3.63, 3.8) is 0 Å². The number of aromatic hydroxyl groups is 1. The lowest BCUT2D eigenvalue weighted by molar-refractivity contribution is -0.340. The summed E-state index contributed by atoms with van der Waals surface area (Å²) in [6.07, 6.45) is -20.9. The molecule has 10 N–H and O–H groups in total. The summed E-state index contributed by atoms with van der Waals surface area (Å²) >= 11 is 0. The first-order valence-electron chi connectivity index (χ1n) is 13.9. The highest BCUT2D eigenvalue weighted by molar-refractivity contribution is 5.87. The molecule has 0 radical (unpaired) electrons. The van der Waals surface area contributed by atoms with E-state index in [1.54, 1.807) is 0 Å². The monoisotopic (exact) mass is 650 g/mol. The van der Waals surface area contributed by atoms with E-state index < -0.39 is 112 Å². The Bertz CT molecular complexity index is 1150. The average Bonchev–Trinajstić information content (AvgIpc) is 3.30. The van der Waals surface area contributed by atoms with Crippen LogP contribution in [0.25, 0.3) is 6.08 Å². The fraction of sp³-hybridized carbons (Fsp3) is 0.667. The number of methoxy groups -OCH3 is 1. The van der Waals surface area contributed by atoms with Crippen molar-refractivity contribution >= 4 is 12.0 Å². The maximum Gasteiger partial charge on any atom is 0.333 e. The predicted molar refractivity (Wildman–Crippen MR) is 143 cm³/mol. The number of rotatable bonds is 11. The lowest BCUT2D eigenvalue weighted by atomic mass is 9.98. The van der Waals surface area contributed by atoms with Crippen LogP contribution in [-0.4, -0.2) is 170 Å². The summed E-state index contributed by atoms with van der Waals surface area (Å²) in [6, 6.07) is 4.24. The standard InChI is InChI=1S/C27H38O18/c1-39-12-6-10(2-4-11(12)30)3-5-16(31)44-27-23(38)24(45-26-21(36)18(33)14(8-29)42-26)19(34)15(43-27)9-40-25-22(37)20(35)17(32)13(7-28)41-25/h2-6,13-15,17-30,32-38H,7-9H2,1H3/t13-,14+,15-,17-,18+,19-,20+,21-,22-,23-,24+,25-,26+,27+/m1/s1. The summed E-state index contributed by atoms with van der Waals surface area (Å²) < 4.78 is 37.4. The van der Waals surface area contributed by atoms with Gasteiger partial charge in [-0.15, -0.1) is 0 Å². The van der Waals surface area contributed by atoms with Crippen molar-refractivity contribution < 1.29 is 89.0 Å². The van der Waals surface area contributed by atoms with E-state index >= 15 is 0 Å². The molecule has 3 fully saturated rings. The molecule has 0 amide bonds. The van der Waals surface area contributed by atoms with Crippen molar-refractivity contribution in [2.24, 2.45) is 0 Å². The summed E-state index contributed by atoms with van der Waals surface area (Å²) in [5.74, 6) is -1.04. The smallest absolute Gasteiger partial charge is 0.333 e. The lowest BCUT2D eigenvalue weighted by Crippen LogP contribution is -2.63. The van der Waals surface area contributed by atoms with Crippen LogP contribution in [-0.2, 0) is 33.2 Å². The fourth-order valence-corrected chi connectivity index (χ4v) is 4.94. The van der Waals surface area contributed by atoms with Gasteiger partial charge in [0.1, 0.15) is 67.1 Å². The topological polar surface area (TPSA) is 284 Å². The van der Waals surface area contributed by atoms with Crippen LogP contribution >= 0.6 is 0 Å². The predicted octanol–water partition coefficient (Wildman–Crippen LogP) is -4.96. The van der Waals surface area contributed by atoms with Crippen LogP contribution in [0.1, 0.15) is 5.56 Å². The van der Waals surface area contributed by atoms with Crippen LogP contribution in [0.2, 0.25) is 0 Å². The number of phenolic OH excluding ortho intramolecular Hbond substituents is 1. The highest BCUT2D eigenvalue weighted by Gasteiger charge is 2.52. The van der Waals surface area contributed by atoms with E-state index in [4.69, 9.17) is 33.2 Å². The number of carbonyl (C=O) groups excluding carboxylic acids is 1. The van der Waals surface area contributed by atoms with Gasteiger partial charge in [0.15, 0.2) is 24.1 Å². The second kappa shape index (κ2) is 15.4. The van der Waals surface area contributed by atoms with E-state index in [2.05, 4.69) is 0 Å². The minimum atomic E-state index is -1.92. The molecule has 4 rings (SSSR count). The van der Waals surface area contributed by atoms with Crippen molar-refractivity contribution in [1.29, 1.82) is 0 Å². The molecule has 18 nitrogen and oxygen atoms in total. The van der Waals surface area contributed by atoms with Crippen LogP contribution in [0.3, 0.4) is 0 Å². The van der Waals surface area contributed by atoms with Crippen LogP contribution in [0, 0.1) is 0 Å². The third-order valence-electron chi connectivity index (χ3n) is 7.55. The number of aliphatic hydroxyl groups is 9. The first kappa shape index (κ1) is 35.3. The summed E-state index contributed by atoms with van der Waals surface area (Å²) in [5.41, 5.74) is 0.429. The van der Waals surface area contributed by atoms with E-state index in [-0.39, 0.29) is 11.5 Å². The Kier molecular flexibility index (Phi) is 12.1. The lowest BCUT2D eigenvalue weighted by Gasteiger charge is -2.44.